The molecule has 31 heavy (non-hydrogen) atoms. The highest BCUT2D eigenvalue weighted by atomic mass is 16.5. The fourth-order valence-corrected chi connectivity index (χ4v) is 3.34. The average Bonchev–Trinajstić information content (AvgIpc) is 3.22. The van der Waals surface area contributed by atoms with E-state index in [2.05, 4.69) is 10.3 Å². The zero-order chi connectivity index (χ0) is 21.8. The van der Waals surface area contributed by atoms with Gasteiger partial charge in [-0.25, -0.2) is 4.79 Å². The van der Waals surface area contributed by atoms with E-state index in [1.807, 2.05) is 30.3 Å². The molecule has 0 spiro atoms. The minimum Gasteiger partial charge on any atom is -0.444 e. The molecule has 3 aromatic carbocycles. The van der Waals surface area contributed by atoms with Crippen LogP contribution in [0.5, 0.6) is 0 Å². The number of amides is 1. The number of benzene rings is 3. The van der Waals surface area contributed by atoms with E-state index in [4.69, 9.17) is 4.74 Å². The summed E-state index contributed by atoms with van der Waals surface area (Å²) in [6.07, 6.45) is 0.409. The van der Waals surface area contributed by atoms with E-state index in [0.29, 0.717) is 27.8 Å². The molecular formula is C25H20N2O4. The van der Waals surface area contributed by atoms with Gasteiger partial charge in [-0.15, -0.1) is 0 Å². The van der Waals surface area contributed by atoms with E-state index >= 15 is 0 Å². The van der Waals surface area contributed by atoms with Crippen molar-refractivity contribution in [3.05, 3.63) is 102 Å². The van der Waals surface area contributed by atoms with Gasteiger partial charge in [0, 0.05) is 33.9 Å². The van der Waals surface area contributed by atoms with Gasteiger partial charge >= 0.3 is 5.97 Å². The third-order valence-electron chi connectivity index (χ3n) is 4.91. The molecule has 0 unspecified atom stereocenters. The summed E-state index contributed by atoms with van der Waals surface area (Å²) in [4.78, 5) is 40.7. The first-order chi connectivity index (χ1) is 15.0. The number of ether oxygens (including phenoxy) is 1. The molecule has 1 heterocycles. The van der Waals surface area contributed by atoms with E-state index < -0.39 is 18.0 Å². The number of carbonyl (C=O) groups excluding carboxylic acids is 3. The number of esters is 1. The second-order valence-corrected chi connectivity index (χ2v) is 7.07. The standard InChI is InChI=1S/C25H20N2O4/c1-16(28)18-10-7-11-19(14-18)27-24(29)23(17-8-3-2-4-9-17)31-25(30)21-15-26-22-13-6-5-12-20(21)22/h2-15,23,26H,1H3,(H,27,29)/t23-/m0/s1. The van der Waals surface area contributed by atoms with Crippen LogP contribution in [-0.2, 0) is 9.53 Å². The first-order valence-corrected chi connectivity index (χ1v) is 9.77. The molecule has 4 aromatic rings. The molecule has 0 radical (unpaired) electrons. The molecule has 0 aliphatic carbocycles. The van der Waals surface area contributed by atoms with Crippen molar-refractivity contribution in [1.29, 1.82) is 0 Å². The van der Waals surface area contributed by atoms with Crippen molar-refractivity contribution in [3.8, 4) is 0 Å². The van der Waals surface area contributed by atoms with Crippen molar-refractivity contribution >= 4 is 34.3 Å². The Morgan fingerprint density at radius 2 is 1.65 bits per heavy atom. The average molecular weight is 412 g/mol. The Morgan fingerprint density at radius 3 is 2.42 bits per heavy atom. The number of carbonyl (C=O) groups is 3. The topological polar surface area (TPSA) is 88.3 Å². The second-order valence-electron chi connectivity index (χ2n) is 7.07. The van der Waals surface area contributed by atoms with Crippen LogP contribution in [0.15, 0.2) is 85.1 Å². The molecule has 0 aliphatic rings. The van der Waals surface area contributed by atoms with Gasteiger partial charge in [0.1, 0.15) is 0 Å². The Balaban J connectivity index is 1.62. The molecule has 6 nitrogen and oxygen atoms in total. The van der Waals surface area contributed by atoms with Crippen LogP contribution in [0.2, 0.25) is 0 Å². The molecule has 4 rings (SSSR count). The van der Waals surface area contributed by atoms with Gasteiger partial charge in [-0.05, 0) is 25.1 Å². The maximum atomic E-state index is 13.1. The summed E-state index contributed by atoms with van der Waals surface area (Å²) in [7, 11) is 0. The number of hydrogen-bond acceptors (Lipinski definition) is 4. The van der Waals surface area contributed by atoms with Gasteiger partial charge in [0.2, 0.25) is 6.10 Å². The molecule has 0 fully saturated rings. The van der Waals surface area contributed by atoms with Gasteiger partial charge in [-0.1, -0.05) is 60.7 Å². The van der Waals surface area contributed by atoms with Crippen LogP contribution in [0.3, 0.4) is 0 Å². The smallest absolute Gasteiger partial charge is 0.341 e. The first kappa shape index (κ1) is 20.1. The third-order valence-corrected chi connectivity index (χ3v) is 4.91. The molecule has 1 amide bonds. The molecule has 1 atom stereocenters. The van der Waals surface area contributed by atoms with Crippen molar-refractivity contribution in [2.75, 3.05) is 5.32 Å². The molecule has 0 aliphatic heterocycles. The lowest BCUT2D eigenvalue weighted by Gasteiger charge is -2.18. The molecule has 154 valence electrons. The highest BCUT2D eigenvalue weighted by Crippen LogP contribution is 2.25. The number of para-hydroxylation sites is 1. The number of aromatic nitrogens is 1. The van der Waals surface area contributed by atoms with Gasteiger partial charge < -0.3 is 15.0 Å². The van der Waals surface area contributed by atoms with Crippen LogP contribution in [0.25, 0.3) is 10.9 Å². The number of aromatic amines is 1. The quantitative estimate of drug-likeness (QED) is 0.348. The number of nitrogens with one attached hydrogen (secondary N) is 2. The highest BCUT2D eigenvalue weighted by Gasteiger charge is 2.27. The molecule has 0 saturated carbocycles. The summed E-state index contributed by atoms with van der Waals surface area (Å²) in [6, 6.07) is 22.8. The fraction of sp³-hybridized carbons (Fsp3) is 0.0800. The number of anilines is 1. The summed E-state index contributed by atoms with van der Waals surface area (Å²) < 4.78 is 5.66. The molecule has 1 aromatic heterocycles. The summed E-state index contributed by atoms with van der Waals surface area (Å²) in [5.41, 5.74) is 2.61. The largest absolute Gasteiger partial charge is 0.444 e. The Morgan fingerprint density at radius 1 is 0.903 bits per heavy atom. The number of fused-ring (bicyclic) bond motifs is 1. The van der Waals surface area contributed by atoms with Gasteiger partial charge in [0.05, 0.1) is 5.56 Å². The van der Waals surface area contributed by atoms with Gasteiger partial charge in [0.15, 0.2) is 5.78 Å². The van der Waals surface area contributed by atoms with Gasteiger partial charge in [0.25, 0.3) is 5.91 Å². The summed E-state index contributed by atoms with van der Waals surface area (Å²) >= 11 is 0. The zero-order valence-electron chi connectivity index (χ0n) is 16.8. The summed E-state index contributed by atoms with van der Waals surface area (Å²) in [5.74, 6) is -1.24. The van der Waals surface area contributed by atoms with Crippen LogP contribution < -0.4 is 5.32 Å². The van der Waals surface area contributed by atoms with E-state index in [-0.39, 0.29) is 5.78 Å². The highest BCUT2D eigenvalue weighted by molar-refractivity contribution is 6.05. The van der Waals surface area contributed by atoms with Crippen molar-refractivity contribution in [1.82, 2.24) is 4.98 Å². The summed E-state index contributed by atoms with van der Waals surface area (Å²) in [6.45, 7) is 1.46. The van der Waals surface area contributed by atoms with Gasteiger partial charge in [-0.2, -0.15) is 0 Å². The number of hydrogen-bond donors (Lipinski definition) is 2. The molecule has 0 saturated heterocycles. The maximum Gasteiger partial charge on any atom is 0.341 e. The van der Waals surface area contributed by atoms with Crippen molar-refractivity contribution in [2.45, 2.75) is 13.0 Å². The van der Waals surface area contributed by atoms with E-state index in [0.717, 1.165) is 5.52 Å². The van der Waals surface area contributed by atoms with Crippen LogP contribution in [-0.4, -0.2) is 22.6 Å². The predicted molar refractivity (Wildman–Crippen MR) is 118 cm³/mol. The predicted octanol–water partition coefficient (Wildman–Crippen LogP) is 4.91. The van der Waals surface area contributed by atoms with E-state index in [9.17, 15) is 14.4 Å². The minimum atomic E-state index is -1.16. The normalized spacial score (nSPS) is 11.6. The number of rotatable bonds is 6. The van der Waals surface area contributed by atoms with Crippen LogP contribution in [0.1, 0.15) is 39.3 Å². The Kier molecular flexibility index (Phi) is 5.62. The minimum absolute atomic E-state index is 0.110. The van der Waals surface area contributed by atoms with E-state index in [1.165, 1.54) is 6.92 Å². The second kappa shape index (κ2) is 8.67. The number of Topliss-reactive ketones (excluding diaryl/α,β-unsaturated/α-hetero) is 1. The van der Waals surface area contributed by atoms with Crippen LogP contribution in [0, 0.1) is 0 Å². The lowest BCUT2D eigenvalue weighted by atomic mass is 10.1. The SMILES string of the molecule is CC(=O)c1cccc(NC(=O)[C@@H](OC(=O)c2c[nH]c3ccccc23)c2ccccc2)c1. The number of ketones is 1. The molecular weight excluding hydrogens is 392 g/mol. The lowest BCUT2D eigenvalue weighted by molar-refractivity contribution is -0.125. The first-order valence-electron chi connectivity index (χ1n) is 9.77. The summed E-state index contributed by atoms with van der Waals surface area (Å²) in [5, 5.41) is 3.46. The Labute approximate surface area is 178 Å². The van der Waals surface area contributed by atoms with Crippen LogP contribution >= 0.6 is 0 Å². The Hall–Kier alpha value is -4.19. The monoisotopic (exact) mass is 412 g/mol. The fourth-order valence-electron chi connectivity index (χ4n) is 3.34. The van der Waals surface area contributed by atoms with Crippen molar-refractivity contribution in [2.24, 2.45) is 0 Å². The lowest BCUT2D eigenvalue weighted by Crippen LogP contribution is -2.26. The maximum absolute atomic E-state index is 13.1. The zero-order valence-corrected chi connectivity index (χ0v) is 16.8. The molecule has 6 heteroatoms. The van der Waals surface area contributed by atoms with Crippen LogP contribution in [0.4, 0.5) is 5.69 Å². The molecule has 0 bridgehead atoms. The van der Waals surface area contributed by atoms with Crippen molar-refractivity contribution < 1.29 is 19.1 Å². The van der Waals surface area contributed by atoms with Gasteiger partial charge in [-0.3, -0.25) is 9.59 Å². The Bertz CT molecular complexity index is 1260. The third kappa shape index (κ3) is 4.38. The number of H-pyrrole nitrogens is 1. The van der Waals surface area contributed by atoms with Crippen molar-refractivity contribution in [3.63, 3.8) is 0 Å². The molecule has 2 N–H and O–H groups in total. The van der Waals surface area contributed by atoms with E-state index in [1.54, 1.807) is 54.7 Å².